The van der Waals surface area contributed by atoms with Crippen molar-refractivity contribution in [1.29, 1.82) is 0 Å². The van der Waals surface area contributed by atoms with Crippen LogP contribution in [0.15, 0.2) is 24.3 Å². The Hall–Kier alpha value is -0.780. The van der Waals surface area contributed by atoms with Gasteiger partial charge in [0.2, 0.25) is 0 Å². The van der Waals surface area contributed by atoms with Crippen LogP contribution in [0.2, 0.25) is 0 Å². The van der Waals surface area contributed by atoms with Crippen molar-refractivity contribution in [1.82, 2.24) is 0 Å². The Morgan fingerprint density at radius 1 is 1.06 bits per heavy atom. The smallest absolute Gasteiger partial charge is 0.00722 e. The summed E-state index contributed by atoms with van der Waals surface area (Å²) in [5.41, 5.74) is 3.80. The molecule has 0 heteroatoms. The molecule has 0 aliphatic heterocycles. The molecule has 1 atom stereocenters. The predicted octanol–water partition coefficient (Wildman–Crippen LogP) is 4.67. The minimum absolute atomic E-state index is 0.334. The zero-order valence-electron chi connectivity index (χ0n) is 11.3. The molecule has 0 fully saturated rings. The van der Waals surface area contributed by atoms with E-state index in [-0.39, 0.29) is 0 Å². The molecule has 0 amide bonds. The molecule has 0 saturated heterocycles. The van der Waals surface area contributed by atoms with Crippen LogP contribution in [0.5, 0.6) is 0 Å². The Kier molecular flexibility index (Phi) is 2.64. The molecule has 1 aliphatic rings. The summed E-state index contributed by atoms with van der Waals surface area (Å²) < 4.78 is 0. The maximum atomic E-state index is 2.41. The fraction of sp³-hybridized carbons (Fsp3) is 0.625. The SMILES string of the molecule is CCC1CC(C)(C)c2ccccc2C1(C)C. The lowest BCUT2D eigenvalue weighted by Crippen LogP contribution is -2.41. The molecule has 0 heterocycles. The van der Waals surface area contributed by atoms with Crippen molar-refractivity contribution in [2.75, 3.05) is 0 Å². The van der Waals surface area contributed by atoms with Crippen LogP contribution in [-0.4, -0.2) is 0 Å². The Morgan fingerprint density at radius 2 is 1.62 bits per heavy atom. The summed E-state index contributed by atoms with van der Waals surface area (Å²) in [6, 6.07) is 9.03. The van der Waals surface area contributed by atoms with Crippen molar-refractivity contribution >= 4 is 0 Å². The van der Waals surface area contributed by atoms with Crippen molar-refractivity contribution in [3.05, 3.63) is 35.4 Å². The first kappa shape index (κ1) is 11.7. The van der Waals surface area contributed by atoms with Gasteiger partial charge < -0.3 is 0 Å². The van der Waals surface area contributed by atoms with Crippen LogP contribution in [0.3, 0.4) is 0 Å². The van der Waals surface area contributed by atoms with Gasteiger partial charge in [-0.2, -0.15) is 0 Å². The van der Waals surface area contributed by atoms with E-state index in [1.54, 1.807) is 11.1 Å². The number of benzene rings is 1. The zero-order chi connectivity index (χ0) is 12.0. The molecule has 1 unspecified atom stereocenters. The van der Waals surface area contributed by atoms with E-state index in [0.29, 0.717) is 10.8 Å². The average Bonchev–Trinajstić information content (AvgIpc) is 2.24. The van der Waals surface area contributed by atoms with Gasteiger partial charge in [-0.25, -0.2) is 0 Å². The number of hydrogen-bond donors (Lipinski definition) is 0. The van der Waals surface area contributed by atoms with Crippen molar-refractivity contribution < 1.29 is 0 Å². The molecule has 1 aliphatic carbocycles. The molecule has 88 valence electrons. The Balaban J connectivity index is 2.60. The van der Waals surface area contributed by atoms with Crippen LogP contribution in [0.4, 0.5) is 0 Å². The molecule has 0 saturated carbocycles. The third-order valence-electron chi connectivity index (χ3n) is 4.62. The molecule has 0 aromatic heterocycles. The Labute approximate surface area is 100 Å². The van der Waals surface area contributed by atoms with Gasteiger partial charge >= 0.3 is 0 Å². The van der Waals surface area contributed by atoms with Gasteiger partial charge in [0.25, 0.3) is 0 Å². The highest BCUT2D eigenvalue weighted by molar-refractivity contribution is 5.41. The largest absolute Gasteiger partial charge is 0.0651 e. The van der Waals surface area contributed by atoms with Crippen LogP contribution >= 0.6 is 0 Å². The molecule has 1 aromatic rings. The third-order valence-corrected chi connectivity index (χ3v) is 4.62. The quantitative estimate of drug-likeness (QED) is 0.640. The van der Waals surface area contributed by atoms with Crippen molar-refractivity contribution in [2.45, 2.75) is 58.3 Å². The first-order valence-corrected chi connectivity index (χ1v) is 6.49. The molecule has 16 heavy (non-hydrogen) atoms. The van der Waals surface area contributed by atoms with Gasteiger partial charge in [-0.3, -0.25) is 0 Å². The minimum atomic E-state index is 0.334. The van der Waals surface area contributed by atoms with Crippen LogP contribution in [0.1, 0.15) is 58.6 Å². The number of fused-ring (bicyclic) bond motifs is 1. The molecule has 2 rings (SSSR count). The molecule has 0 N–H and O–H groups in total. The summed E-state index contributed by atoms with van der Waals surface area (Å²) >= 11 is 0. The van der Waals surface area contributed by atoms with E-state index < -0.39 is 0 Å². The normalized spacial score (nSPS) is 26.2. The van der Waals surface area contributed by atoms with E-state index in [1.807, 2.05) is 0 Å². The fourth-order valence-electron chi connectivity index (χ4n) is 3.49. The summed E-state index contributed by atoms with van der Waals surface area (Å²) in [5.74, 6) is 0.803. The standard InChI is InChI=1S/C16H24/c1-6-12-11-15(2,3)13-9-7-8-10-14(13)16(12,4)5/h7-10,12H,6,11H2,1-5H3. The molecule has 0 nitrogen and oxygen atoms in total. The van der Waals surface area contributed by atoms with Gasteiger partial charge in [0, 0.05) is 0 Å². The molecule has 0 radical (unpaired) electrons. The van der Waals surface area contributed by atoms with E-state index >= 15 is 0 Å². The molecular formula is C16H24. The van der Waals surface area contributed by atoms with E-state index in [4.69, 9.17) is 0 Å². The average molecular weight is 216 g/mol. The summed E-state index contributed by atoms with van der Waals surface area (Å²) in [6.45, 7) is 11.9. The predicted molar refractivity (Wildman–Crippen MR) is 70.9 cm³/mol. The topological polar surface area (TPSA) is 0 Å². The molecule has 0 spiro atoms. The Bertz CT molecular complexity index is 385. The highest BCUT2D eigenvalue weighted by Crippen LogP contribution is 2.49. The minimum Gasteiger partial charge on any atom is -0.0651 e. The van der Waals surface area contributed by atoms with Crippen molar-refractivity contribution in [3.63, 3.8) is 0 Å². The lowest BCUT2D eigenvalue weighted by atomic mass is 9.57. The maximum Gasteiger partial charge on any atom is -0.00722 e. The van der Waals surface area contributed by atoms with E-state index in [0.717, 1.165) is 5.92 Å². The Morgan fingerprint density at radius 3 is 2.19 bits per heavy atom. The maximum absolute atomic E-state index is 2.41. The number of rotatable bonds is 1. The first-order valence-electron chi connectivity index (χ1n) is 6.49. The van der Waals surface area contributed by atoms with Crippen LogP contribution in [-0.2, 0) is 10.8 Å². The summed E-state index contributed by atoms with van der Waals surface area (Å²) in [4.78, 5) is 0. The lowest BCUT2D eigenvalue weighted by Gasteiger charge is -2.47. The first-order chi connectivity index (χ1) is 7.39. The summed E-state index contributed by atoms with van der Waals surface area (Å²) in [7, 11) is 0. The fourth-order valence-corrected chi connectivity index (χ4v) is 3.49. The summed E-state index contributed by atoms with van der Waals surface area (Å²) in [5, 5.41) is 0. The second-order valence-corrected chi connectivity index (χ2v) is 6.46. The van der Waals surface area contributed by atoms with Crippen LogP contribution in [0.25, 0.3) is 0 Å². The monoisotopic (exact) mass is 216 g/mol. The van der Waals surface area contributed by atoms with Gasteiger partial charge in [-0.05, 0) is 34.3 Å². The van der Waals surface area contributed by atoms with Crippen molar-refractivity contribution in [3.8, 4) is 0 Å². The van der Waals surface area contributed by atoms with E-state index in [1.165, 1.54) is 12.8 Å². The lowest BCUT2D eigenvalue weighted by molar-refractivity contribution is 0.209. The molecular weight excluding hydrogens is 192 g/mol. The zero-order valence-corrected chi connectivity index (χ0v) is 11.3. The highest BCUT2D eigenvalue weighted by Gasteiger charge is 2.42. The van der Waals surface area contributed by atoms with Gasteiger partial charge in [0.1, 0.15) is 0 Å². The van der Waals surface area contributed by atoms with Gasteiger partial charge in [-0.15, -0.1) is 0 Å². The van der Waals surface area contributed by atoms with Crippen LogP contribution < -0.4 is 0 Å². The van der Waals surface area contributed by atoms with Crippen molar-refractivity contribution in [2.24, 2.45) is 5.92 Å². The summed E-state index contributed by atoms with van der Waals surface area (Å²) in [6.07, 6.45) is 2.60. The molecule has 1 aromatic carbocycles. The van der Waals surface area contributed by atoms with Crippen LogP contribution in [0, 0.1) is 5.92 Å². The number of hydrogen-bond acceptors (Lipinski definition) is 0. The highest BCUT2D eigenvalue weighted by atomic mass is 14.5. The van der Waals surface area contributed by atoms with Gasteiger partial charge in [0.15, 0.2) is 0 Å². The second kappa shape index (κ2) is 3.61. The van der Waals surface area contributed by atoms with E-state index in [9.17, 15) is 0 Å². The second-order valence-electron chi connectivity index (χ2n) is 6.46. The van der Waals surface area contributed by atoms with E-state index in [2.05, 4.69) is 58.9 Å². The van der Waals surface area contributed by atoms with Gasteiger partial charge in [-0.1, -0.05) is 65.3 Å². The third kappa shape index (κ3) is 1.59. The van der Waals surface area contributed by atoms with Gasteiger partial charge in [0.05, 0.1) is 0 Å². The molecule has 0 bridgehead atoms.